The van der Waals surface area contributed by atoms with E-state index >= 15 is 0 Å². The van der Waals surface area contributed by atoms with Gasteiger partial charge < -0.3 is 10.6 Å². The van der Waals surface area contributed by atoms with E-state index in [2.05, 4.69) is 11.8 Å². The van der Waals surface area contributed by atoms with Crippen LogP contribution < -0.4 is 10.6 Å². The Bertz CT molecular complexity index is 438. The molecular formula is C15H22N2O. The lowest BCUT2D eigenvalue weighted by Gasteiger charge is -2.25. The Kier molecular flexibility index (Phi) is 3.90. The van der Waals surface area contributed by atoms with Crippen molar-refractivity contribution in [3.63, 3.8) is 0 Å². The Morgan fingerprint density at radius 3 is 2.72 bits per heavy atom. The van der Waals surface area contributed by atoms with Gasteiger partial charge in [-0.3, -0.25) is 4.79 Å². The van der Waals surface area contributed by atoms with Gasteiger partial charge in [-0.15, -0.1) is 0 Å². The van der Waals surface area contributed by atoms with Crippen LogP contribution in [0.4, 0.5) is 11.4 Å². The molecule has 0 atom stereocenters. The van der Waals surface area contributed by atoms with Crippen molar-refractivity contribution in [2.75, 3.05) is 17.2 Å². The smallest absolute Gasteiger partial charge is 0.161 e. The lowest BCUT2D eigenvalue weighted by molar-refractivity contribution is 0.101. The number of nitrogens with two attached hydrogens (primary N) is 1. The van der Waals surface area contributed by atoms with Gasteiger partial charge in [-0.05, 0) is 44.4 Å². The summed E-state index contributed by atoms with van der Waals surface area (Å²) >= 11 is 0. The van der Waals surface area contributed by atoms with E-state index in [1.54, 1.807) is 6.92 Å². The van der Waals surface area contributed by atoms with Gasteiger partial charge >= 0.3 is 0 Å². The molecular weight excluding hydrogens is 224 g/mol. The number of anilines is 2. The van der Waals surface area contributed by atoms with Gasteiger partial charge in [0.2, 0.25) is 0 Å². The summed E-state index contributed by atoms with van der Waals surface area (Å²) in [5.41, 5.74) is 8.22. The lowest BCUT2D eigenvalue weighted by Crippen LogP contribution is -2.27. The van der Waals surface area contributed by atoms with Crippen molar-refractivity contribution < 1.29 is 4.79 Å². The van der Waals surface area contributed by atoms with E-state index in [0.717, 1.165) is 12.2 Å². The average molecular weight is 246 g/mol. The number of carbonyl (C=O) groups is 1. The quantitative estimate of drug-likeness (QED) is 0.619. The van der Waals surface area contributed by atoms with Crippen LogP contribution in [-0.4, -0.2) is 18.4 Å². The van der Waals surface area contributed by atoms with Gasteiger partial charge in [0, 0.05) is 29.5 Å². The number of nitrogen functional groups attached to an aromatic ring is 1. The van der Waals surface area contributed by atoms with Crippen molar-refractivity contribution in [1.29, 1.82) is 0 Å². The third-order valence-corrected chi connectivity index (χ3v) is 3.49. The Morgan fingerprint density at radius 1 is 1.44 bits per heavy atom. The number of nitrogens with zero attached hydrogens (tertiary/aromatic N) is 1. The number of Topliss-reactive ketones (excluding diaryl/α,β-unsaturated/α-hetero) is 1. The first-order valence-electron chi connectivity index (χ1n) is 6.80. The highest BCUT2D eigenvalue weighted by Crippen LogP contribution is 2.33. The highest BCUT2D eigenvalue weighted by atomic mass is 16.1. The van der Waals surface area contributed by atoms with Gasteiger partial charge in [-0.25, -0.2) is 0 Å². The molecule has 1 fully saturated rings. The van der Waals surface area contributed by atoms with E-state index in [4.69, 9.17) is 5.73 Å². The topological polar surface area (TPSA) is 46.3 Å². The van der Waals surface area contributed by atoms with Crippen LogP contribution in [-0.2, 0) is 0 Å². The molecule has 0 aliphatic heterocycles. The van der Waals surface area contributed by atoms with Gasteiger partial charge in [0.25, 0.3) is 0 Å². The number of hydrogen-bond donors (Lipinski definition) is 1. The van der Waals surface area contributed by atoms with E-state index in [1.807, 2.05) is 18.2 Å². The molecule has 0 radical (unpaired) electrons. The Hall–Kier alpha value is -1.51. The zero-order chi connectivity index (χ0) is 13.1. The maximum Gasteiger partial charge on any atom is 0.161 e. The van der Waals surface area contributed by atoms with Gasteiger partial charge in [0.1, 0.15) is 0 Å². The molecule has 3 nitrogen and oxygen atoms in total. The summed E-state index contributed by atoms with van der Waals surface area (Å²) in [6.07, 6.45) is 4.92. The zero-order valence-corrected chi connectivity index (χ0v) is 11.3. The van der Waals surface area contributed by atoms with Crippen molar-refractivity contribution in [1.82, 2.24) is 0 Å². The molecule has 0 heterocycles. The number of unbranched alkanes of at least 4 members (excludes halogenated alkanes) is 1. The molecule has 2 N–H and O–H groups in total. The molecule has 0 amide bonds. The molecule has 3 heteroatoms. The van der Waals surface area contributed by atoms with Crippen molar-refractivity contribution >= 4 is 17.2 Å². The van der Waals surface area contributed by atoms with Crippen LogP contribution in [0.3, 0.4) is 0 Å². The van der Waals surface area contributed by atoms with Crippen LogP contribution in [0.2, 0.25) is 0 Å². The largest absolute Gasteiger partial charge is 0.398 e. The highest BCUT2D eigenvalue weighted by Gasteiger charge is 2.29. The molecule has 0 bridgehead atoms. The monoisotopic (exact) mass is 246 g/mol. The number of carbonyl (C=O) groups excluding carboxylic acids is 1. The number of hydrogen-bond acceptors (Lipinski definition) is 3. The Morgan fingerprint density at radius 2 is 2.17 bits per heavy atom. The molecule has 0 aromatic heterocycles. The van der Waals surface area contributed by atoms with Crippen molar-refractivity contribution in [2.24, 2.45) is 0 Å². The predicted octanol–water partition coefficient (Wildman–Crippen LogP) is 3.24. The summed E-state index contributed by atoms with van der Waals surface area (Å²) in [7, 11) is 0. The molecule has 98 valence electrons. The first kappa shape index (κ1) is 12.9. The molecule has 1 aromatic carbocycles. The van der Waals surface area contributed by atoms with Crippen LogP contribution in [0.15, 0.2) is 18.2 Å². The lowest BCUT2D eigenvalue weighted by atomic mass is 10.1. The van der Waals surface area contributed by atoms with Gasteiger partial charge in [0.05, 0.1) is 0 Å². The molecule has 18 heavy (non-hydrogen) atoms. The van der Waals surface area contributed by atoms with E-state index in [-0.39, 0.29) is 5.78 Å². The van der Waals surface area contributed by atoms with Crippen molar-refractivity contribution in [3.05, 3.63) is 23.8 Å². The van der Waals surface area contributed by atoms with E-state index < -0.39 is 0 Å². The fourth-order valence-corrected chi connectivity index (χ4v) is 2.26. The van der Waals surface area contributed by atoms with Crippen LogP contribution >= 0.6 is 0 Å². The summed E-state index contributed by atoms with van der Waals surface area (Å²) in [6.45, 7) is 4.85. The third kappa shape index (κ3) is 2.84. The minimum Gasteiger partial charge on any atom is -0.398 e. The molecule has 1 aromatic rings. The van der Waals surface area contributed by atoms with E-state index in [0.29, 0.717) is 17.3 Å². The van der Waals surface area contributed by atoms with E-state index in [1.165, 1.54) is 25.7 Å². The first-order valence-corrected chi connectivity index (χ1v) is 6.80. The molecule has 1 aliphatic rings. The van der Waals surface area contributed by atoms with Crippen LogP contribution in [0.5, 0.6) is 0 Å². The normalized spacial score (nSPS) is 14.6. The summed E-state index contributed by atoms with van der Waals surface area (Å²) in [5.74, 6) is 0.0422. The van der Waals surface area contributed by atoms with Gasteiger partial charge in [-0.2, -0.15) is 0 Å². The Balaban J connectivity index is 2.24. The fraction of sp³-hybridized carbons (Fsp3) is 0.533. The molecule has 2 rings (SSSR count). The van der Waals surface area contributed by atoms with Crippen LogP contribution in [0.25, 0.3) is 0 Å². The minimum atomic E-state index is 0.0422. The molecule has 1 saturated carbocycles. The second-order valence-electron chi connectivity index (χ2n) is 5.11. The highest BCUT2D eigenvalue weighted by molar-refractivity contribution is 6.00. The zero-order valence-electron chi connectivity index (χ0n) is 11.3. The fourth-order valence-electron chi connectivity index (χ4n) is 2.26. The number of rotatable bonds is 6. The molecule has 0 spiro atoms. The number of ketones is 1. The summed E-state index contributed by atoms with van der Waals surface area (Å²) in [6, 6.07) is 6.51. The van der Waals surface area contributed by atoms with Gasteiger partial charge in [-0.1, -0.05) is 13.3 Å². The standard InChI is InChI=1S/C15H22N2O/c1-3-4-9-17(12-5-6-12)13-7-8-15(16)14(10-13)11(2)18/h7-8,10,12H,3-6,9,16H2,1-2H3. The number of benzene rings is 1. The Labute approximate surface area is 109 Å². The molecule has 0 unspecified atom stereocenters. The SMILES string of the molecule is CCCCN(c1ccc(N)c(C(C)=O)c1)C1CC1. The minimum absolute atomic E-state index is 0.0422. The summed E-state index contributed by atoms with van der Waals surface area (Å²) in [4.78, 5) is 14.0. The maximum absolute atomic E-state index is 11.5. The molecule has 1 aliphatic carbocycles. The summed E-state index contributed by atoms with van der Waals surface area (Å²) < 4.78 is 0. The third-order valence-electron chi connectivity index (χ3n) is 3.49. The van der Waals surface area contributed by atoms with Crippen molar-refractivity contribution in [3.8, 4) is 0 Å². The average Bonchev–Trinajstić information content (AvgIpc) is 3.15. The second kappa shape index (κ2) is 5.42. The van der Waals surface area contributed by atoms with Crippen molar-refractivity contribution in [2.45, 2.75) is 45.6 Å². The van der Waals surface area contributed by atoms with Gasteiger partial charge in [0.15, 0.2) is 5.78 Å². The van der Waals surface area contributed by atoms with Crippen LogP contribution in [0.1, 0.15) is 49.9 Å². The van der Waals surface area contributed by atoms with Crippen LogP contribution in [0, 0.1) is 0 Å². The predicted molar refractivity (Wildman–Crippen MR) is 76.1 cm³/mol. The van der Waals surface area contributed by atoms with E-state index in [9.17, 15) is 4.79 Å². The second-order valence-corrected chi connectivity index (χ2v) is 5.11. The molecule has 0 saturated heterocycles. The summed E-state index contributed by atoms with van der Waals surface area (Å²) in [5, 5.41) is 0. The maximum atomic E-state index is 11.5. The first-order chi connectivity index (χ1) is 8.63.